The van der Waals surface area contributed by atoms with Crippen molar-refractivity contribution in [1.82, 2.24) is 0 Å². The van der Waals surface area contributed by atoms with Crippen LogP contribution in [0.2, 0.25) is 0 Å². The van der Waals surface area contributed by atoms with E-state index in [4.69, 9.17) is 0 Å². The minimum Gasteiger partial charge on any atom is -0.0801 e. The lowest BCUT2D eigenvalue weighted by molar-refractivity contribution is 1.50. The fraction of sp³-hybridized carbons (Fsp3) is 0.0189. The van der Waals surface area contributed by atoms with E-state index in [0.29, 0.717) is 0 Å². The third-order valence-electron chi connectivity index (χ3n) is 12.4. The lowest BCUT2D eigenvalue weighted by atomic mass is 9.79. The van der Waals surface area contributed by atoms with Gasteiger partial charge in [0.25, 0.3) is 0 Å². The van der Waals surface area contributed by atoms with Crippen molar-refractivity contribution < 1.29 is 0 Å². The Labute approximate surface area is 305 Å². The van der Waals surface area contributed by atoms with E-state index in [2.05, 4.69) is 170 Å². The summed E-state index contributed by atoms with van der Waals surface area (Å²) in [5.41, 5.74) is 12.0. The molecule has 53 heavy (non-hydrogen) atoms. The smallest absolute Gasteiger partial charge is 0.000719 e. The van der Waals surface area contributed by atoms with Crippen molar-refractivity contribution in [2.75, 3.05) is 0 Å². The van der Waals surface area contributed by atoms with Gasteiger partial charge in [0.1, 0.15) is 0 Å². The topological polar surface area (TPSA) is 0 Å². The molecule has 0 heterocycles. The molecule has 0 nitrogen and oxygen atoms in total. The van der Waals surface area contributed by atoms with Crippen LogP contribution in [0.5, 0.6) is 0 Å². The molecule has 0 amide bonds. The van der Waals surface area contributed by atoms with E-state index >= 15 is 0 Å². The van der Waals surface area contributed by atoms with E-state index in [-0.39, 0.29) is 0 Å². The molecule has 0 atom stereocenters. The van der Waals surface area contributed by atoms with Gasteiger partial charge in [-0.15, -0.1) is 0 Å². The molecule has 0 bridgehead atoms. The average Bonchev–Trinajstić information content (AvgIpc) is 3.37. The summed E-state index contributed by atoms with van der Waals surface area (Å²) in [6.45, 7) is 0. The molecule has 0 saturated carbocycles. The van der Waals surface area contributed by atoms with Crippen LogP contribution >= 0.6 is 0 Å². The van der Waals surface area contributed by atoms with Crippen LogP contribution in [0.4, 0.5) is 0 Å². The maximum absolute atomic E-state index is 2.50. The van der Waals surface area contributed by atoms with Crippen molar-refractivity contribution in [3.63, 3.8) is 0 Å². The maximum atomic E-state index is 2.50. The Balaban J connectivity index is 1.29. The second-order valence-corrected chi connectivity index (χ2v) is 15.0. The summed E-state index contributed by atoms with van der Waals surface area (Å²) in [5.74, 6) is 0. The highest BCUT2D eigenvalue weighted by Crippen LogP contribution is 2.58. The molecule has 0 aliphatic heterocycles. The quantitative estimate of drug-likeness (QED) is 0.161. The van der Waals surface area contributed by atoms with Crippen molar-refractivity contribution in [1.29, 1.82) is 0 Å². The van der Waals surface area contributed by atoms with E-state index < -0.39 is 0 Å². The first-order chi connectivity index (χ1) is 26.3. The fourth-order valence-electron chi connectivity index (χ4n) is 10.4. The molecular formula is C53H30. The Bertz CT molecular complexity index is 3520. The van der Waals surface area contributed by atoms with E-state index in [1.54, 1.807) is 0 Å². The van der Waals surface area contributed by atoms with Gasteiger partial charge in [0.2, 0.25) is 0 Å². The molecule has 0 unspecified atom stereocenters. The largest absolute Gasteiger partial charge is 0.0801 e. The van der Waals surface area contributed by atoms with Gasteiger partial charge in [-0.05, 0) is 149 Å². The van der Waals surface area contributed by atoms with Crippen LogP contribution in [0.3, 0.4) is 0 Å². The number of allylic oxidation sites excluding steroid dienone is 1. The monoisotopic (exact) mass is 666 g/mol. The van der Waals surface area contributed by atoms with Crippen LogP contribution in [-0.2, 0) is 0 Å². The van der Waals surface area contributed by atoms with Crippen LogP contribution in [0.1, 0.15) is 12.0 Å². The fourth-order valence-corrected chi connectivity index (χ4v) is 10.4. The predicted octanol–water partition coefficient (Wildman–Crippen LogP) is 14.1. The Hall–Kier alpha value is -6.76. The van der Waals surface area contributed by atoms with Gasteiger partial charge in [0, 0.05) is 0 Å². The second-order valence-electron chi connectivity index (χ2n) is 15.0. The van der Waals surface area contributed by atoms with Gasteiger partial charge in [-0.3, -0.25) is 0 Å². The van der Waals surface area contributed by atoms with Gasteiger partial charge in [-0.25, -0.2) is 0 Å². The molecule has 13 rings (SSSR count). The van der Waals surface area contributed by atoms with Crippen LogP contribution in [0.15, 0.2) is 158 Å². The summed E-state index contributed by atoms with van der Waals surface area (Å²) >= 11 is 0. The summed E-state index contributed by atoms with van der Waals surface area (Å²) in [4.78, 5) is 0. The molecule has 0 spiro atoms. The molecular weight excluding hydrogens is 637 g/mol. The van der Waals surface area contributed by atoms with Crippen molar-refractivity contribution in [3.8, 4) is 44.5 Å². The molecule has 0 heteroatoms. The lowest BCUT2D eigenvalue weighted by Crippen LogP contribution is -2.10. The first kappa shape index (κ1) is 27.9. The third kappa shape index (κ3) is 3.51. The summed E-state index contributed by atoms with van der Waals surface area (Å²) in [5, 5.41) is 19.8. The van der Waals surface area contributed by atoms with Gasteiger partial charge in [-0.2, -0.15) is 0 Å². The molecule has 0 N–H and O–H groups in total. The third-order valence-corrected chi connectivity index (χ3v) is 12.4. The first-order valence-corrected chi connectivity index (χ1v) is 18.8. The summed E-state index contributed by atoms with van der Waals surface area (Å²) in [7, 11) is 0. The highest BCUT2D eigenvalue weighted by molar-refractivity contribution is 6.32. The molecule has 2 aliphatic carbocycles. The number of hydrogen-bond acceptors (Lipinski definition) is 0. The molecule has 0 saturated heterocycles. The minimum absolute atomic E-state index is 0.904. The normalized spacial score (nSPS) is 13.3. The minimum atomic E-state index is 0.904. The zero-order chi connectivity index (χ0) is 34.4. The summed E-state index contributed by atoms with van der Waals surface area (Å²) in [6.07, 6.45) is 8.03. The van der Waals surface area contributed by atoms with E-state index in [1.807, 2.05) is 0 Å². The van der Waals surface area contributed by atoms with E-state index in [0.717, 1.165) is 6.42 Å². The standard InChI is InChI=1S/C53H30/c1-2-20-39-43(28-35-16-5-11-31-24-26-33(10-1)48(39)45(31)35)50-37-18-3-4-19-38(37)51(53-42-23-9-14-30-13-8-22-41(47(30)42)52(50)53)44-29-36-17-6-12-32-25-27-34-15-7-21-40(44)49(34)46(32)36/h1,3-29H,2H2. The molecule has 0 fully saturated rings. The average molecular weight is 667 g/mol. The van der Waals surface area contributed by atoms with Gasteiger partial charge in [0.15, 0.2) is 0 Å². The Morgan fingerprint density at radius 1 is 0.321 bits per heavy atom. The number of fused-ring (bicyclic) bond motifs is 4. The van der Waals surface area contributed by atoms with Gasteiger partial charge >= 0.3 is 0 Å². The number of rotatable bonds is 2. The van der Waals surface area contributed by atoms with Gasteiger partial charge in [0.05, 0.1) is 0 Å². The SMILES string of the molecule is C1=Cc2ccc3cccc4cc(-c5c6c(c(-c7cc8cccc9ccc%10cccc7c%10c98)c7ccccc57)-c5cccc7cccc-6c57)c(c2c34)=CC1. The van der Waals surface area contributed by atoms with Crippen molar-refractivity contribution in [2.24, 2.45) is 0 Å². The highest BCUT2D eigenvalue weighted by Gasteiger charge is 2.32. The van der Waals surface area contributed by atoms with Crippen molar-refractivity contribution >= 4 is 87.6 Å². The van der Waals surface area contributed by atoms with Crippen LogP contribution in [-0.4, -0.2) is 0 Å². The lowest BCUT2D eigenvalue weighted by Gasteiger charge is -2.23. The van der Waals surface area contributed by atoms with Crippen LogP contribution < -0.4 is 5.22 Å². The molecule has 11 aromatic carbocycles. The van der Waals surface area contributed by atoms with Crippen LogP contribution in [0.25, 0.3) is 132 Å². The van der Waals surface area contributed by atoms with E-state index in [1.165, 1.54) is 131 Å². The number of benzene rings is 11. The van der Waals surface area contributed by atoms with Crippen LogP contribution in [0, 0.1) is 0 Å². The Morgan fingerprint density at radius 3 is 1.53 bits per heavy atom. The molecule has 0 radical (unpaired) electrons. The molecule has 11 aromatic rings. The highest BCUT2D eigenvalue weighted by atomic mass is 14.3. The Kier molecular flexibility index (Phi) is 5.25. The second kappa shape index (κ2) is 9.97. The van der Waals surface area contributed by atoms with Gasteiger partial charge < -0.3 is 0 Å². The number of hydrogen-bond donors (Lipinski definition) is 0. The zero-order valence-electron chi connectivity index (χ0n) is 28.9. The van der Waals surface area contributed by atoms with Crippen molar-refractivity contribution in [3.05, 3.63) is 169 Å². The first-order valence-electron chi connectivity index (χ1n) is 18.8. The maximum Gasteiger partial charge on any atom is -0.000719 e. The van der Waals surface area contributed by atoms with Crippen molar-refractivity contribution in [2.45, 2.75) is 6.42 Å². The Morgan fingerprint density at radius 2 is 0.830 bits per heavy atom. The summed E-state index contributed by atoms with van der Waals surface area (Å²) in [6, 6.07) is 57.7. The van der Waals surface area contributed by atoms with Gasteiger partial charge in [-0.1, -0.05) is 158 Å². The molecule has 2 aliphatic rings. The molecule has 242 valence electrons. The summed E-state index contributed by atoms with van der Waals surface area (Å²) < 4.78 is 0. The zero-order valence-corrected chi connectivity index (χ0v) is 28.9. The van der Waals surface area contributed by atoms with E-state index in [9.17, 15) is 0 Å². The molecule has 0 aromatic heterocycles. The predicted molar refractivity (Wildman–Crippen MR) is 229 cm³/mol.